The Labute approximate surface area is 107 Å². The molecule has 0 heterocycles. The maximum absolute atomic E-state index is 11.2. The highest BCUT2D eigenvalue weighted by molar-refractivity contribution is 14.1. The number of hydrogen-bond donors (Lipinski definition) is 0. The van der Waals surface area contributed by atoms with Crippen molar-refractivity contribution in [1.29, 1.82) is 0 Å². The smallest absolute Gasteiger partial charge is 0.305 e. The molecular formula is C12H23IO2. The van der Waals surface area contributed by atoms with Crippen LogP contribution in [0.1, 0.15) is 58.3 Å². The molecule has 0 aliphatic heterocycles. The molecule has 0 rings (SSSR count). The van der Waals surface area contributed by atoms with Crippen molar-refractivity contribution in [1.82, 2.24) is 0 Å². The summed E-state index contributed by atoms with van der Waals surface area (Å²) in [4.78, 5) is 11.2. The summed E-state index contributed by atoms with van der Waals surface area (Å²) in [7, 11) is 0. The Morgan fingerprint density at radius 3 is 2.47 bits per heavy atom. The van der Waals surface area contributed by atoms with Gasteiger partial charge in [-0.05, 0) is 23.7 Å². The zero-order chi connectivity index (χ0) is 11.4. The molecular weight excluding hydrogens is 303 g/mol. The van der Waals surface area contributed by atoms with Gasteiger partial charge in [0.1, 0.15) is 0 Å². The molecule has 0 aliphatic carbocycles. The van der Waals surface area contributed by atoms with E-state index in [9.17, 15) is 4.79 Å². The molecule has 3 heteroatoms. The lowest BCUT2D eigenvalue weighted by molar-refractivity contribution is -0.143. The second-order valence-electron chi connectivity index (χ2n) is 3.78. The largest absolute Gasteiger partial charge is 0.466 e. The third-order valence-corrected chi connectivity index (χ3v) is 3.04. The summed E-state index contributed by atoms with van der Waals surface area (Å²) in [6.45, 7) is 2.82. The van der Waals surface area contributed by atoms with Gasteiger partial charge in [0.2, 0.25) is 0 Å². The van der Waals surface area contributed by atoms with Crippen LogP contribution in [0.15, 0.2) is 0 Å². The first-order valence-corrected chi connectivity index (χ1v) is 7.55. The molecule has 0 bridgehead atoms. The van der Waals surface area contributed by atoms with Crippen molar-refractivity contribution in [3.8, 4) is 0 Å². The van der Waals surface area contributed by atoms with Gasteiger partial charge in [0, 0.05) is 6.42 Å². The Balaban J connectivity index is 3.10. The molecule has 0 aromatic heterocycles. The molecule has 90 valence electrons. The standard InChI is InChI=1S/C12H23IO2/c1-2-3-4-5-8-11-15-12(14)9-6-7-10-13/h2-11H2,1H3. The molecule has 2 nitrogen and oxygen atoms in total. The summed E-state index contributed by atoms with van der Waals surface area (Å²) in [5, 5.41) is 0. The summed E-state index contributed by atoms with van der Waals surface area (Å²) in [5.41, 5.74) is 0. The third kappa shape index (κ3) is 12.1. The highest BCUT2D eigenvalue weighted by Crippen LogP contribution is 2.04. The van der Waals surface area contributed by atoms with E-state index in [1.54, 1.807) is 0 Å². The number of ether oxygens (including phenoxy) is 1. The Morgan fingerprint density at radius 2 is 1.80 bits per heavy atom. The van der Waals surface area contributed by atoms with Gasteiger partial charge in [-0.15, -0.1) is 0 Å². The summed E-state index contributed by atoms with van der Waals surface area (Å²) in [5.74, 6) is -0.0182. The van der Waals surface area contributed by atoms with Crippen molar-refractivity contribution < 1.29 is 9.53 Å². The van der Waals surface area contributed by atoms with Crippen molar-refractivity contribution in [2.24, 2.45) is 0 Å². The Hall–Kier alpha value is 0.200. The summed E-state index contributed by atoms with van der Waals surface area (Å²) in [6.07, 6.45) is 8.72. The number of esters is 1. The minimum Gasteiger partial charge on any atom is -0.466 e. The van der Waals surface area contributed by atoms with E-state index in [1.165, 1.54) is 25.7 Å². The van der Waals surface area contributed by atoms with Gasteiger partial charge in [-0.1, -0.05) is 55.2 Å². The maximum atomic E-state index is 11.2. The zero-order valence-electron chi connectivity index (χ0n) is 9.77. The molecule has 0 aromatic carbocycles. The molecule has 0 fully saturated rings. The molecule has 0 amide bonds. The van der Waals surface area contributed by atoms with E-state index in [1.807, 2.05) is 0 Å². The average Bonchev–Trinajstić information content (AvgIpc) is 2.23. The Morgan fingerprint density at radius 1 is 1.07 bits per heavy atom. The van der Waals surface area contributed by atoms with Crippen molar-refractivity contribution in [3.05, 3.63) is 0 Å². The molecule has 0 aliphatic rings. The lowest BCUT2D eigenvalue weighted by Gasteiger charge is -2.04. The third-order valence-electron chi connectivity index (χ3n) is 2.28. The van der Waals surface area contributed by atoms with Crippen molar-refractivity contribution in [3.63, 3.8) is 0 Å². The summed E-state index contributed by atoms with van der Waals surface area (Å²) in [6, 6.07) is 0. The van der Waals surface area contributed by atoms with Crippen molar-refractivity contribution >= 4 is 28.6 Å². The Bertz CT molecular complexity index is 149. The number of halogens is 1. The van der Waals surface area contributed by atoms with Crippen LogP contribution < -0.4 is 0 Å². The van der Waals surface area contributed by atoms with Crippen LogP contribution in [0.5, 0.6) is 0 Å². The summed E-state index contributed by atoms with van der Waals surface area (Å²) < 4.78 is 6.25. The van der Waals surface area contributed by atoms with Gasteiger partial charge in [-0.25, -0.2) is 0 Å². The second kappa shape index (κ2) is 12.3. The fourth-order valence-electron chi connectivity index (χ4n) is 1.33. The van der Waals surface area contributed by atoms with E-state index >= 15 is 0 Å². The van der Waals surface area contributed by atoms with Crippen LogP contribution in [-0.2, 0) is 9.53 Å². The predicted octanol–water partition coefficient (Wildman–Crippen LogP) is 4.11. The van der Waals surface area contributed by atoms with Crippen LogP contribution in [-0.4, -0.2) is 17.0 Å². The van der Waals surface area contributed by atoms with Gasteiger partial charge in [0.25, 0.3) is 0 Å². The van der Waals surface area contributed by atoms with Crippen molar-refractivity contribution in [2.75, 3.05) is 11.0 Å². The van der Waals surface area contributed by atoms with E-state index < -0.39 is 0 Å². The van der Waals surface area contributed by atoms with Crippen LogP contribution in [0, 0.1) is 0 Å². The van der Waals surface area contributed by atoms with Crippen LogP contribution in [0.25, 0.3) is 0 Å². The predicted molar refractivity (Wildman–Crippen MR) is 72.5 cm³/mol. The number of rotatable bonds is 10. The molecule has 0 spiro atoms. The van der Waals surface area contributed by atoms with E-state index in [0.29, 0.717) is 13.0 Å². The molecule has 15 heavy (non-hydrogen) atoms. The maximum Gasteiger partial charge on any atom is 0.305 e. The zero-order valence-corrected chi connectivity index (χ0v) is 11.9. The highest BCUT2D eigenvalue weighted by atomic mass is 127. The van der Waals surface area contributed by atoms with Crippen molar-refractivity contribution in [2.45, 2.75) is 58.3 Å². The monoisotopic (exact) mass is 326 g/mol. The van der Waals surface area contributed by atoms with Gasteiger partial charge < -0.3 is 4.74 Å². The van der Waals surface area contributed by atoms with Gasteiger partial charge in [-0.3, -0.25) is 4.79 Å². The fraction of sp³-hybridized carbons (Fsp3) is 0.917. The fourth-order valence-corrected chi connectivity index (χ4v) is 1.87. The minimum atomic E-state index is -0.0182. The highest BCUT2D eigenvalue weighted by Gasteiger charge is 2.01. The molecule has 0 saturated carbocycles. The quantitative estimate of drug-likeness (QED) is 0.261. The number of alkyl halides is 1. The molecule has 0 unspecified atom stereocenters. The van der Waals surface area contributed by atoms with E-state index in [0.717, 1.165) is 23.7 Å². The van der Waals surface area contributed by atoms with Gasteiger partial charge >= 0.3 is 5.97 Å². The topological polar surface area (TPSA) is 26.3 Å². The molecule has 0 aromatic rings. The average molecular weight is 326 g/mol. The van der Waals surface area contributed by atoms with E-state index in [4.69, 9.17) is 4.74 Å². The first kappa shape index (κ1) is 15.2. The number of carbonyl (C=O) groups excluding carboxylic acids is 1. The second-order valence-corrected chi connectivity index (χ2v) is 4.86. The molecule has 0 N–H and O–H groups in total. The molecule has 0 saturated heterocycles. The normalized spacial score (nSPS) is 10.3. The van der Waals surface area contributed by atoms with Crippen LogP contribution in [0.4, 0.5) is 0 Å². The number of unbranched alkanes of at least 4 members (excludes halogenated alkanes) is 5. The minimum absolute atomic E-state index is 0.0182. The first-order chi connectivity index (χ1) is 7.31. The molecule has 0 radical (unpaired) electrons. The first-order valence-electron chi connectivity index (χ1n) is 6.02. The summed E-state index contributed by atoms with van der Waals surface area (Å²) >= 11 is 2.33. The lowest BCUT2D eigenvalue weighted by atomic mass is 10.2. The van der Waals surface area contributed by atoms with Crippen LogP contribution in [0.3, 0.4) is 0 Å². The molecule has 0 atom stereocenters. The SMILES string of the molecule is CCCCCCCOC(=O)CCCCI. The Kier molecular flexibility index (Phi) is 12.4. The lowest BCUT2D eigenvalue weighted by Crippen LogP contribution is -2.05. The van der Waals surface area contributed by atoms with Gasteiger partial charge in [0.15, 0.2) is 0 Å². The van der Waals surface area contributed by atoms with Crippen LogP contribution >= 0.6 is 22.6 Å². The van der Waals surface area contributed by atoms with Gasteiger partial charge in [0.05, 0.1) is 6.61 Å². The number of hydrogen-bond acceptors (Lipinski definition) is 2. The van der Waals surface area contributed by atoms with Gasteiger partial charge in [-0.2, -0.15) is 0 Å². The van der Waals surface area contributed by atoms with Crippen LogP contribution in [0.2, 0.25) is 0 Å². The van der Waals surface area contributed by atoms with E-state index in [2.05, 4.69) is 29.5 Å². The number of carbonyl (C=O) groups is 1. The van der Waals surface area contributed by atoms with E-state index in [-0.39, 0.29) is 5.97 Å².